The van der Waals surface area contributed by atoms with Crippen molar-refractivity contribution < 1.29 is 31.2 Å². The number of carbonyl (C=O) groups excluding carboxylic acids is 2. The number of benzene rings is 3. The van der Waals surface area contributed by atoms with Crippen molar-refractivity contribution in [1.29, 1.82) is 0 Å². The molecule has 1 atom stereocenters. The maximum Gasteiger partial charge on any atom is 0.416 e. The van der Waals surface area contributed by atoms with E-state index in [0.717, 1.165) is 30.5 Å². The molecule has 42 heavy (non-hydrogen) atoms. The zero-order chi connectivity index (χ0) is 30.9. The Hall–Kier alpha value is -3.86. The van der Waals surface area contributed by atoms with Gasteiger partial charge in [-0.3, -0.25) is 13.9 Å². The fourth-order valence-electron chi connectivity index (χ4n) is 4.41. The van der Waals surface area contributed by atoms with Crippen molar-refractivity contribution in [1.82, 2.24) is 10.2 Å². The first-order valence-corrected chi connectivity index (χ1v) is 15.2. The van der Waals surface area contributed by atoms with Gasteiger partial charge in [-0.1, -0.05) is 74.4 Å². The summed E-state index contributed by atoms with van der Waals surface area (Å²) in [6.45, 7) is 5.08. The van der Waals surface area contributed by atoms with Gasteiger partial charge in [0.15, 0.2) is 0 Å². The molecule has 3 aromatic carbocycles. The van der Waals surface area contributed by atoms with E-state index in [-0.39, 0.29) is 29.5 Å². The Bertz CT molecular complexity index is 1450. The summed E-state index contributed by atoms with van der Waals surface area (Å²) in [6, 6.07) is 17.6. The van der Waals surface area contributed by atoms with Gasteiger partial charge in [0.1, 0.15) is 12.6 Å². The summed E-state index contributed by atoms with van der Waals surface area (Å²) in [7, 11) is -4.49. The smallest absolute Gasteiger partial charge is 0.354 e. The summed E-state index contributed by atoms with van der Waals surface area (Å²) in [6.07, 6.45) is -2.90. The van der Waals surface area contributed by atoms with Crippen LogP contribution in [0.1, 0.15) is 49.8 Å². The highest BCUT2D eigenvalue weighted by Crippen LogP contribution is 2.33. The lowest BCUT2D eigenvalue weighted by Gasteiger charge is -2.33. The van der Waals surface area contributed by atoms with Gasteiger partial charge in [0.2, 0.25) is 11.8 Å². The third-order valence-electron chi connectivity index (χ3n) is 6.76. The predicted molar refractivity (Wildman–Crippen MR) is 156 cm³/mol. The lowest BCUT2D eigenvalue weighted by atomic mass is 10.1. The van der Waals surface area contributed by atoms with Gasteiger partial charge in [0.25, 0.3) is 10.0 Å². The Labute approximate surface area is 245 Å². The number of sulfonamides is 1. The van der Waals surface area contributed by atoms with Crippen LogP contribution in [0.4, 0.5) is 18.9 Å². The van der Waals surface area contributed by atoms with Crippen LogP contribution in [0, 0.1) is 6.92 Å². The molecular formula is C31H36F3N3O4S. The summed E-state index contributed by atoms with van der Waals surface area (Å²) in [5, 5.41) is 2.84. The van der Waals surface area contributed by atoms with Gasteiger partial charge in [-0.15, -0.1) is 0 Å². The van der Waals surface area contributed by atoms with Crippen molar-refractivity contribution >= 4 is 27.5 Å². The van der Waals surface area contributed by atoms with Crippen LogP contribution in [-0.2, 0) is 32.3 Å². The van der Waals surface area contributed by atoms with Gasteiger partial charge < -0.3 is 10.2 Å². The number of nitrogens with one attached hydrogen (secondary N) is 1. The van der Waals surface area contributed by atoms with Crippen LogP contribution in [-0.4, -0.2) is 44.3 Å². The number of nitrogens with zero attached hydrogens (tertiary/aromatic N) is 2. The lowest BCUT2D eigenvalue weighted by molar-refractivity contribution is -0.140. The van der Waals surface area contributed by atoms with Crippen molar-refractivity contribution in [3.63, 3.8) is 0 Å². The minimum absolute atomic E-state index is 0.000385. The topological polar surface area (TPSA) is 86.8 Å². The summed E-state index contributed by atoms with van der Waals surface area (Å²) in [5.74, 6) is -1.12. The molecule has 0 aliphatic heterocycles. The lowest BCUT2D eigenvalue weighted by Crippen LogP contribution is -2.52. The summed E-state index contributed by atoms with van der Waals surface area (Å²) in [4.78, 5) is 28.3. The summed E-state index contributed by atoms with van der Waals surface area (Å²) in [5.41, 5.74) is 0.112. The molecule has 0 heterocycles. The number of aryl methyl sites for hydroxylation is 1. The molecule has 0 unspecified atom stereocenters. The number of rotatable bonds is 13. The maximum atomic E-state index is 14.0. The maximum absolute atomic E-state index is 14.0. The van der Waals surface area contributed by atoms with E-state index in [0.29, 0.717) is 22.5 Å². The van der Waals surface area contributed by atoms with Gasteiger partial charge in [0.05, 0.1) is 16.1 Å². The molecule has 0 aliphatic carbocycles. The summed E-state index contributed by atoms with van der Waals surface area (Å²) < 4.78 is 69.2. The highest BCUT2D eigenvalue weighted by Gasteiger charge is 2.35. The third kappa shape index (κ3) is 8.34. The van der Waals surface area contributed by atoms with Crippen molar-refractivity contribution in [3.05, 3.63) is 95.6 Å². The number of hydrogen-bond acceptors (Lipinski definition) is 4. The number of unbranched alkanes of at least 4 members (excludes halogenated alkanes) is 1. The second-order valence-corrected chi connectivity index (χ2v) is 11.8. The average Bonchev–Trinajstić information content (AvgIpc) is 2.96. The first-order chi connectivity index (χ1) is 19.9. The predicted octanol–water partition coefficient (Wildman–Crippen LogP) is 5.93. The van der Waals surface area contributed by atoms with Gasteiger partial charge in [-0.05, 0) is 55.7 Å². The van der Waals surface area contributed by atoms with Crippen LogP contribution in [0.5, 0.6) is 0 Å². The number of alkyl halides is 3. The second-order valence-electron chi connectivity index (χ2n) is 9.95. The fourth-order valence-corrected chi connectivity index (χ4v) is 5.82. The normalized spacial score (nSPS) is 12.4. The zero-order valence-corrected chi connectivity index (χ0v) is 24.7. The zero-order valence-electron chi connectivity index (χ0n) is 23.9. The molecule has 3 aromatic rings. The molecule has 0 radical (unpaired) electrons. The standard InChI is InChI=1S/C31H36F3N3O4S/c1-4-6-19-35-30(39)28(5-2)36(21-24-11-8-7-9-12-24)29(38)22-37(26-14-10-13-25(20-26)31(32,33)34)42(40,41)27-17-15-23(3)16-18-27/h7-18,20,28H,4-6,19,21-22H2,1-3H3,(H,35,39)/t28-/m0/s1. The van der Waals surface area contributed by atoms with E-state index in [9.17, 15) is 31.2 Å². The van der Waals surface area contributed by atoms with Crippen LogP contribution < -0.4 is 9.62 Å². The number of carbonyl (C=O) groups is 2. The van der Waals surface area contributed by atoms with Gasteiger partial charge in [-0.2, -0.15) is 13.2 Å². The highest BCUT2D eigenvalue weighted by atomic mass is 32.2. The molecule has 1 N–H and O–H groups in total. The molecule has 0 aliphatic rings. The summed E-state index contributed by atoms with van der Waals surface area (Å²) >= 11 is 0. The number of anilines is 1. The number of halogens is 3. The largest absolute Gasteiger partial charge is 0.416 e. The first-order valence-electron chi connectivity index (χ1n) is 13.8. The van der Waals surface area contributed by atoms with Gasteiger partial charge in [0, 0.05) is 13.1 Å². The molecule has 0 saturated heterocycles. The van der Waals surface area contributed by atoms with Crippen LogP contribution in [0.3, 0.4) is 0 Å². The molecule has 0 fully saturated rings. The van der Waals surface area contributed by atoms with E-state index >= 15 is 0 Å². The van der Waals surface area contributed by atoms with Crippen LogP contribution >= 0.6 is 0 Å². The Morgan fingerprint density at radius 3 is 2.19 bits per heavy atom. The van der Waals surface area contributed by atoms with Crippen LogP contribution in [0.2, 0.25) is 0 Å². The first kappa shape index (κ1) is 32.7. The van der Waals surface area contributed by atoms with Gasteiger partial charge in [-0.25, -0.2) is 8.42 Å². The SMILES string of the molecule is CCCCNC(=O)[C@H](CC)N(Cc1ccccc1)C(=O)CN(c1cccc(C(F)(F)F)c1)S(=O)(=O)c1ccc(C)cc1. The van der Waals surface area contributed by atoms with E-state index < -0.39 is 40.3 Å². The quantitative estimate of drug-likeness (QED) is 0.245. The second kappa shape index (κ2) is 14.4. The van der Waals surface area contributed by atoms with E-state index in [1.807, 2.05) is 6.92 Å². The van der Waals surface area contributed by atoms with Crippen LogP contribution in [0.15, 0.2) is 83.8 Å². The molecule has 0 saturated carbocycles. The molecular weight excluding hydrogens is 567 g/mol. The van der Waals surface area contributed by atoms with Gasteiger partial charge >= 0.3 is 6.18 Å². The highest BCUT2D eigenvalue weighted by molar-refractivity contribution is 7.92. The molecule has 2 amide bonds. The Morgan fingerprint density at radius 2 is 1.60 bits per heavy atom. The molecule has 0 bridgehead atoms. The average molecular weight is 604 g/mol. The minimum Gasteiger partial charge on any atom is -0.354 e. The fraction of sp³-hybridized carbons (Fsp3) is 0.355. The number of amides is 2. The molecule has 3 rings (SSSR count). The number of hydrogen-bond donors (Lipinski definition) is 1. The molecule has 11 heteroatoms. The monoisotopic (exact) mass is 603 g/mol. The van der Waals surface area contributed by atoms with E-state index in [2.05, 4.69) is 5.32 Å². The third-order valence-corrected chi connectivity index (χ3v) is 8.55. The van der Waals surface area contributed by atoms with Crippen molar-refractivity contribution in [3.8, 4) is 0 Å². The van der Waals surface area contributed by atoms with E-state index in [4.69, 9.17) is 0 Å². The van der Waals surface area contributed by atoms with Crippen molar-refractivity contribution in [2.24, 2.45) is 0 Å². The molecule has 226 valence electrons. The Balaban J connectivity index is 2.08. The Kier molecular flexibility index (Phi) is 11.2. The van der Waals surface area contributed by atoms with E-state index in [1.54, 1.807) is 56.3 Å². The Morgan fingerprint density at radius 1 is 0.929 bits per heavy atom. The molecule has 7 nitrogen and oxygen atoms in total. The molecule has 0 aromatic heterocycles. The van der Waals surface area contributed by atoms with Crippen LogP contribution in [0.25, 0.3) is 0 Å². The molecule has 0 spiro atoms. The van der Waals surface area contributed by atoms with Crippen molar-refractivity contribution in [2.75, 3.05) is 17.4 Å². The van der Waals surface area contributed by atoms with E-state index in [1.165, 1.54) is 23.1 Å². The minimum atomic E-state index is -4.73. The van der Waals surface area contributed by atoms with Crippen molar-refractivity contribution in [2.45, 2.75) is 63.7 Å².